The Morgan fingerprint density at radius 2 is 1.76 bits per heavy atom. The summed E-state index contributed by atoms with van der Waals surface area (Å²) in [6.45, 7) is 4.25. The van der Waals surface area contributed by atoms with E-state index in [1.165, 1.54) is 42.0 Å². The molecular formula is C25H25N3O4S. The summed E-state index contributed by atoms with van der Waals surface area (Å²) in [6, 6.07) is 14.6. The molecule has 2 aromatic carbocycles. The summed E-state index contributed by atoms with van der Waals surface area (Å²) in [6.07, 6.45) is 6.44. The third-order valence-corrected chi connectivity index (χ3v) is 5.96. The highest BCUT2D eigenvalue weighted by molar-refractivity contribution is 7.15. The Morgan fingerprint density at radius 3 is 2.42 bits per heavy atom. The molecule has 0 saturated carbocycles. The largest absolute Gasteiger partial charge is 0.494 e. The summed E-state index contributed by atoms with van der Waals surface area (Å²) in [7, 11) is 0. The van der Waals surface area contributed by atoms with E-state index < -0.39 is 0 Å². The summed E-state index contributed by atoms with van der Waals surface area (Å²) in [5, 5.41) is 4.40. The Kier molecular flexibility index (Phi) is 7.14. The number of nitrogens with zero attached hydrogens (tertiary/aromatic N) is 3. The number of hydrogen-bond donors (Lipinski definition) is 0. The zero-order valence-electron chi connectivity index (χ0n) is 18.6. The van der Waals surface area contributed by atoms with Gasteiger partial charge in [-0.25, -0.2) is 0 Å². The second-order valence-corrected chi connectivity index (χ2v) is 8.65. The number of rotatable bonds is 9. The number of carbonyl (C=O) groups excluding carboxylic acids is 1. The fourth-order valence-corrected chi connectivity index (χ4v) is 4.23. The van der Waals surface area contributed by atoms with Crippen molar-refractivity contribution in [1.82, 2.24) is 14.6 Å². The van der Waals surface area contributed by atoms with Crippen LogP contribution in [0.15, 0.2) is 53.3 Å². The quantitative estimate of drug-likeness (QED) is 0.210. The predicted octanol–water partition coefficient (Wildman–Crippen LogP) is 4.25. The maximum absolute atomic E-state index is 12.8. The lowest BCUT2D eigenvalue weighted by Crippen LogP contribution is -2.23. The van der Waals surface area contributed by atoms with E-state index in [1.54, 1.807) is 30.3 Å². The van der Waals surface area contributed by atoms with Gasteiger partial charge in [0, 0.05) is 12.5 Å². The summed E-state index contributed by atoms with van der Waals surface area (Å²) >= 11 is 1.28. The van der Waals surface area contributed by atoms with Crippen molar-refractivity contribution in [3.05, 3.63) is 69.0 Å². The Hall–Kier alpha value is -3.52. The molecule has 0 aliphatic rings. The van der Waals surface area contributed by atoms with Crippen molar-refractivity contribution in [1.29, 1.82) is 0 Å². The standard InChI is InChI=1S/C25H25N3O4S/c1-3-4-5-6-15-31-20-13-9-19(10-14-20)23-26-25-28(27-23)24(30)22(33-25)16-18-7-11-21(12-8-18)32-17(2)29/h7-14,16H,3-6,15H2,1-2H3/b22-16+. The smallest absolute Gasteiger partial charge is 0.308 e. The number of hydrogen-bond acceptors (Lipinski definition) is 7. The maximum atomic E-state index is 12.8. The fraction of sp³-hybridized carbons (Fsp3) is 0.280. The van der Waals surface area contributed by atoms with Crippen molar-refractivity contribution in [2.24, 2.45) is 0 Å². The molecule has 8 heteroatoms. The third-order valence-electron chi connectivity index (χ3n) is 5.00. The molecule has 170 valence electrons. The molecule has 0 radical (unpaired) electrons. The van der Waals surface area contributed by atoms with E-state index in [2.05, 4.69) is 17.0 Å². The van der Waals surface area contributed by atoms with Gasteiger partial charge in [0.1, 0.15) is 11.5 Å². The van der Waals surface area contributed by atoms with Crippen molar-refractivity contribution >= 4 is 28.3 Å². The van der Waals surface area contributed by atoms with Crippen LogP contribution in [0, 0.1) is 0 Å². The first-order chi connectivity index (χ1) is 16.0. The number of fused-ring (bicyclic) bond motifs is 1. The van der Waals surface area contributed by atoms with Crippen LogP contribution in [0.3, 0.4) is 0 Å². The number of ether oxygens (including phenoxy) is 2. The molecule has 7 nitrogen and oxygen atoms in total. The molecule has 4 aromatic rings. The lowest BCUT2D eigenvalue weighted by atomic mass is 10.2. The van der Waals surface area contributed by atoms with Crippen LogP contribution >= 0.6 is 11.3 Å². The highest BCUT2D eigenvalue weighted by Gasteiger charge is 2.12. The number of unbranched alkanes of at least 4 members (excludes halogenated alkanes) is 3. The van der Waals surface area contributed by atoms with Crippen LogP contribution in [-0.4, -0.2) is 27.2 Å². The molecule has 0 spiro atoms. The molecule has 0 fully saturated rings. The Balaban J connectivity index is 1.48. The van der Waals surface area contributed by atoms with Gasteiger partial charge >= 0.3 is 5.97 Å². The minimum absolute atomic E-state index is 0.218. The van der Waals surface area contributed by atoms with Crippen LogP contribution < -0.4 is 19.6 Å². The van der Waals surface area contributed by atoms with Gasteiger partial charge < -0.3 is 9.47 Å². The first-order valence-electron chi connectivity index (χ1n) is 11.0. The van der Waals surface area contributed by atoms with Gasteiger partial charge in [-0.2, -0.15) is 9.50 Å². The van der Waals surface area contributed by atoms with Gasteiger partial charge in [-0.15, -0.1) is 5.10 Å². The van der Waals surface area contributed by atoms with Crippen LogP contribution in [0.5, 0.6) is 11.5 Å². The first-order valence-corrected chi connectivity index (χ1v) is 11.8. The Morgan fingerprint density at radius 1 is 1.03 bits per heavy atom. The molecule has 0 atom stereocenters. The van der Waals surface area contributed by atoms with E-state index >= 15 is 0 Å². The molecule has 0 aliphatic carbocycles. The predicted molar refractivity (Wildman–Crippen MR) is 129 cm³/mol. The lowest BCUT2D eigenvalue weighted by molar-refractivity contribution is -0.131. The zero-order chi connectivity index (χ0) is 23.2. The molecule has 0 N–H and O–H groups in total. The van der Waals surface area contributed by atoms with Crippen LogP contribution in [0.25, 0.3) is 22.4 Å². The second-order valence-electron chi connectivity index (χ2n) is 7.64. The van der Waals surface area contributed by atoms with Crippen molar-refractivity contribution < 1.29 is 14.3 Å². The number of thiazole rings is 1. The van der Waals surface area contributed by atoms with Gasteiger partial charge in [0.05, 0.1) is 11.1 Å². The second kappa shape index (κ2) is 10.4. The monoisotopic (exact) mass is 463 g/mol. The minimum Gasteiger partial charge on any atom is -0.494 e. The van der Waals surface area contributed by atoms with Crippen LogP contribution in [0.1, 0.15) is 45.1 Å². The zero-order valence-corrected chi connectivity index (χ0v) is 19.4. The molecule has 0 saturated heterocycles. The number of esters is 1. The van der Waals surface area contributed by atoms with Crippen molar-refractivity contribution in [2.75, 3.05) is 6.61 Å². The minimum atomic E-state index is -0.375. The summed E-state index contributed by atoms with van der Waals surface area (Å²) in [4.78, 5) is 28.9. The first kappa shape index (κ1) is 22.7. The number of aromatic nitrogens is 3. The SMILES string of the molecule is CCCCCCOc1ccc(-c2nc3s/c(=C/c4ccc(OC(C)=O)cc4)c(=O)n3n2)cc1. The van der Waals surface area contributed by atoms with E-state index in [9.17, 15) is 9.59 Å². The summed E-state index contributed by atoms with van der Waals surface area (Å²) in [5.41, 5.74) is 1.43. The fourth-order valence-electron chi connectivity index (χ4n) is 3.32. The molecule has 33 heavy (non-hydrogen) atoms. The summed E-state index contributed by atoms with van der Waals surface area (Å²) < 4.78 is 12.7. The molecule has 2 aromatic heterocycles. The molecule has 2 heterocycles. The summed E-state index contributed by atoms with van der Waals surface area (Å²) in [5.74, 6) is 1.41. The van der Waals surface area contributed by atoms with Crippen LogP contribution in [0.4, 0.5) is 0 Å². The van der Waals surface area contributed by atoms with E-state index in [1.807, 2.05) is 24.3 Å². The highest BCUT2D eigenvalue weighted by atomic mass is 32.1. The van der Waals surface area contributed by atoms with Crippen molar-refractivity contribution in [3.63, 3.8) is 0 Å². The average molecular weight is 464 g/mol. The highest BCUT2D eigenvalue weighted by Crippen LogP contribution is 2.21. The maximum Gasteiger partial charge on any atom is 0.308 e. The molecule has 0 bridgehead atoms. The lowest BCUT2D eigenvalue weighted by Gasteiger charge is -2.06. The topological polar surface area (TPSA) is 82.8 Å². The van der Waals surface area contributed by atoms with Crippen molar-refractivity contribution in [3.8, 4) is 22.9 Å². The number of carbonyl (C=O) groups is 1. The van der Waals surface area contributed by atoms with E-state index in [-0.39, 0.29) is 11.5 Å². The van der Waals surface area contributed by atoms with Gasteiger partial charge in [0.25, 0.3) is 5.56 Å². The van der Waals surface area contributed by atoms with Gasteiger partial charge in [-0.05, 0) is 54.5 Å². The Labute approximate surface area is 195 Å². The van der Waals surface area contributed by atoms with Crippen molar-refractivity contribution in [2.45, 2.75) is 39.5 Å². The van der Waals surface area contributed by atoms with Gasteiger partial charge in [0.15, 0.2) is 5.82 Å². The van der Waals surface area contributed by atoms with Gasteiger partial charge in [-0.3, -0.25) is 9.59 Å². The Bertz CT molecular complexity index is 1340. The molecular weight excluding hydrogens is 438 g/mol. The van der Waals surface area contributed by atoms with Gasteiger partial charge in [-0.1, -0.05) is 49.7 Å². The normalized spacial score (nSPS) is 11.8. The molecule has 4 rings (SSSR count). The van der Waals surface area contributed by atoms with Crippen LogP contribution in [0.2, 0.25) is 0 Å². The van der Waals surface area contributed by atoms with Crippen LogP contribution in [-0.2, 0) is 4.79 Å². The van der Waals surface area contributed by atoms with Gasteiger partial charge in [0.2, 0.25) is 4.96 Å². The molecule has 0 amide bonds. The van der Waals surface area contributed by atoms with E-state index in [0.29, 0.717) is 27.7 Å². The molecule has 0 unspecified atom stereocenters. The van der Waals surface area contributed by atoms with E-state index in [4.69, 9.17) is 9.47 Å². The molecule has 0 aliphatic heterocycles. The average Bonchev–Trinajstić information content (AvgIpc) is 3.34. The number of benzene rings is 2. The third kappa shape index (κ3) is 5.64. The van der Waals surface area contributed by atoms with E-state index in [0.717, 1.165) is 23.3 Å².